The zero-order valence-corrected chi connectivity index (χ0v) is 29.2. The monoisotopic (exact) mass is 675 g/mol. The summed E-state index contributed by atoms with van der Waals surface area (Å²) in [4.78, 5) is 51.7. The van der Waals surface area contributed by atoms with Gasteiger partial charge in [-0.25, -0.2) is 14.8 Å². The molecule has 1 fully saturated rings. The van der Waals surface area contributed by atoms with Gasteiger partial charge in [0.05, 0.1) is 11.0 Å². The minimum absolute atomic E-state index is 0.105. The number of aromatic amines is 1. The fraction of sp³-hybridized carbons (Fsp3) is 0.410. The van der Waals surface area contributed by atoms with Crippen LogP contribution in [0.5, 0.6) is 0 Å². The van der Waals surface area contributed by atoms with Crippen molar-refractivity contribution in [2.45, 2.75) is 71.8 Å². The van der Waals surface area contributed by atoms with Gasteiger partial charge in [-0.3, -0.25) is 9.59 Å². The number of anilines is 1. The Morgan fingerprint density at radius 3 is 2.30 bits per heavy atom. The topological polar surface area (TPSA) is 150 Å². The molecule has 0 saturated heterocycles. The normalized spacial score (nSPS) is 18.0. The molecule has 0 bridgehead atoms. The highest BCUT2D eigenvalue weighted by Gasteiger charge is 2.31. The molecular weight excluding hydrogens is 630 g/mol. The molecule has 1 aromatic heterocycles. The van der Waals surface area contributed by atoms with Gasteiger partial charge in [-0.1, -0.05) is 30.3 Å². The molecular formula is C39H45N7O4. The lowest BCUT2D eigenvalue weighted by Gasteiger charge is -2.29. The van der Waals surface area contributed by atoms with Gasteiger partial charge in [-0.05, 0) is 119 Å². The molecule has 1 atom stereocenters. The Bertz CT molecular complexity index is 1900. The number of benzene rings is 3. The molecule has 260 valence electrons. The van der Waals surface area contributed by atoms with Crippen molar-refractivity contribution in [3.05, 3.63) is 83.7 Å². The number of hydrogen-bond donors (Lipinski definition) is 3. The van der Waals surface area contributed by atoms with Crippen molar-refractivity contribution in [3.8, 4) is 11.1 Å². The number of ketones is 1. The van der Waals surface area contributed by atoms with Crippen LogP contribution in [0.4, 0.5) is 10.5 Å². The molecule has 1 saturated carbocycles. The van der Waals surface area contributed by atoms with E-state index < -0.39 is 17.6 Å². The van der Waals surface area contributed by atoms with Gasteiger partial charge in [0.15, 0.2) is 12.5 Å². The summed E-state index contributed by atoms with van der Waals surface area (Å²) in [6.07, 6.45) is 3.33. The van der Waals surface area contributed by atoms with E-state index in [0.717, 1.165) is 64.8 Å². The lowest BCUT2D eigenvalue weighted by Crippen LogP contribution is -2.37. The largest absolute Gasteiger partial charge is 0.444 e. The maximum absolute atomic E-state index is 13.8. The Morgan fingerprint density at radius 2 is 1.62 bits per heavy atom. The second kappa shape index (κ2) is 15.1. The van der Waals surface area contributed by atoms with Crippen LogP contribution in [0.15, 0.2) is 82.0 Å². The first-order valence-electron chi connectivity index (χ1n) is 17.4. The van der Waals surface area contributed by atoms with Gasteiger partial charge in [0.2, 0.25) is 5.91 Å². The highest BCUT2D eigenvalue weighted by molar-refractivity contribution is 6.01. The molecule has 1 aliphatic heterocycles. The van der Waals surface area contributed by atoms with Gasteiger partial charge in [-0.15, -0.1) is 5.11 Å². The van der Waals surface area contributed by atoms with Crippen LogP contribution < -0.4 is 10.6 Å². The van der Waals surface area contributed by atoms with Crippen LogP contribution in [0.2, 0.25) is 0 Å². The number of amides is 2. The van der Waals surface area contributed by atoms with E-state index in [1.54, 1.807) is 0 Å². The highest BCUT2D eigenvalue weighted by Crippen LogP contribution is 2.32. The van der Waals surface area contributed by atoms with E-state index >= 15 is 0 Å². The lowest BCUT2D eigenvalue weighted by molar-refractivity contribution is -0.129. The van der Waals surface area contributed by atoms with E-state index in [1.807, 2.05) is 70.2 Å². The summed E-state index contributed by atoms with van der Waals surface area (Å²) in [5, 5.41) is 13.9. The zero-order chi connectivity index (χ0) is 35.3. The number of carbonyl (C=O) groups is 3. The van der Waals surface area contributed by atoms with Crippen molar-refractivity contribution in [1.29, 1.82) is 0 Å². The molecule has 0 unspecified atom stereocenters. The number of Topliss-reactive ketones (excluding diaryl/α,β-unsaturated/α-hetero) is 1. The molecule has 3 aromatic carbocycles. The molecule has 50 heavy (non-hydrogen) atoms. The van der Waals surface area contributed by atoms with Crippen LogP contribution in [-0.2, 0) is 20.7 Å². The minimum atomic E-state index is -0.547. The number of aryl methyl sites for hydroxylation is 1. The number of aliphatic imine (C=N–C) groups is 1. The summed E-state index contributed by atoms with van der Waals surface area (Å²) in [5.41, 5.74) is 5.96. The number of ether oxygens (including phenoxy) is 1. The molecule has 11 nitrogen and oxygen atoms in total. The van der Waals surface area contributed by atoms with Crippen LogP contribution in [-0.4, -0.2) is 52.4 Å². The van der Waals surface area contributed by atoms with Crippen molar-refractivity contribution >= 4 is 40.3 Å². The number of rotatable bonds is 11. The predicted octanol–water partition coefficient (Wildman–Crippen LogP) is 7.80. The van der Waals surface area contributed by atoms with E-state index in [-0.39, 0.29) is 24.0 Å². The SMILES string of the molecule is Cc1nc2ccc(-c3ccc(C[C@H](CC(=O)C4CCC(CNC(=O)OC(C)(C)C)CC4)C(=O)Nc4ccc(C5=NCN=N5)cc4)cc3)cc2[nH]1. The molecule has 3 N–H and O–H groups in total. The molecule has 4 aromatic rings. The summed E-state index contributed by atoms with van der Waals surface area (Å²) in [7, 11) is 0. The molecule has 2 aliphatic rings. The molecule has 2 amide bonds. The minimum Gasteiger partial charge on any atom is -0.444 e. The van der Waals surface area contributed by atoms with Gasteiger partial charge in [0.1, 0.15) is 17.2 Å². The first-order chi connectivity index (χ1) is 24.0. The first kappa shape index (κ1) is 34.7. The average Bonchev–Trinajstić information content (AvgIpc) is 3.76. The van der Waals surface area contributed by atoms with E-state index in [4.69, 9.17) is 4.74 Å². The van der Waals surface area contributed by atoms with Gasteiger partial charge in [0.25, 0.3) is 0 Å². The molecule has 6 rings (SSSR count). The number of nitrogens with one attached hydrogen (secondary N) is 3. The Labute approximate surface area is 292 Å². The number of amidine groups is 1. The highest BCUT2D eigenvalue weighted by atomic mass is 16.6. The summed E-state index contributed by atoms with van der Waals surface area (Å²) in [6, 6.07) is 21.7. The number of alkyl carbamates (subject to hydrolysis) is 1. The van der Waals surface area contributed by atoms with Gasteiger partial charge in [-0.2, -0.15) is 5.11 Å². The fourth-order valence-corrected chi connectivity index (χ4v) is 6.66. The number of fused-ring (bicyclic) bond motifs is 1. The van der Waals surface area contributed by atoms with Crippen LogP contribution >= 0.6 is 0 Å². The Morgan fingerprint density at radius 1 is 0.920 bits per heavy atom. The third kappa shape index (κ3) is 9.07. The molecule has 0 radical (unpaired) electrons. The van der Waals surface area contributed by atoms with Crippen LogP contribution in [0.1, 0.15) is 69.8 Å². The Kier molecular flexibility index (Phi) is 10.5. The number of hydrogen-bond acceptors (Lipinski definition) is 8. The number of aromatic nitrogens is 2. The van der Waals surface area contributed by atoms with E-state index in [1.165, 1.54) is 0 Å². The molecule has 2 heterocycles. The number of H-pyrrole nitrogens is 1. The standard InChI is InChI=1S/C39H45N7O4/c1-24-43-33-18-15-30(20-34(33)44-24)27-9-5-25(6-10-27)19-31(37(48)45-32-16-13-29(14-17-32)36-41-23-42-46-36)21-35(47)28-11-7-26(8-12-28)22-40-38(49)50-39(2,3)4/h5-6,9-10,13-18,20,26,28,31H,7-8,11-12,19,21-23H2,1-4H3,(H,40,49)(H,43,44)(H,45,48)/t26?,28?,31-/m1/s1. The Balaban J connectivity index is 1.11. The van der Waals surface area contributed by atoms with Crippen LogP contribution in [0.25, 0.3) is 22.2 Å². The van der Waals surface area contributed by atoms with Gasteiger partial charge < -0.3 is 20.4 Å². The number of azo groups is 1. The summed E-state index contributed by atoms with van der Waals surface area (Å²) < 4.78 is 5.36. The Hall–Kier alpha value is -5.19. The maximum atomic E-state index is 13.8. The van der Waals surface area contributed by atoms with Crippen molar-refractivity contribution < 1.29 is 19.1 Å². The van der Waals surface area contributed by atoms with Crippen LogP contribution in [0.3, 0.4) is 0 Å². The smallest absolute Gasteiger partial charge is 0.407 e. The quantitative estimate of drug-likeness (QED) is 0.148. The van der Waals surface area contributed by atoms with Crippen molar-refractivity contribution in [3.63, 3.8) is 0 Å². The second-order valence-electron chi connectivity index (χ2n) is 14.4. The zero-order valence-electron chi connectivity index (χ0n) is 29.2. The number of imidazole rings is 1. The van der Waals surface area contributed by atoms with Gasteiger partial charge in [0, 0.05) is 36.1 Å². The third-order valence-corrected chi connectivity index (χ3v) is 9.28. The van der Waals surface area contributed by atoms with E-state index in [2.05, 4.69) is 60.1 Å². The average molecular weight is 676 g/mol. The molecule has 1 aliphatic carbocycles. The third-order valence-electron chi connectivity index (χ3n) is 9.28. The van der Waals surface area contributed by atoms with E-state index in [9.17, 15) is 14.4 Å². The van der Waals surface area contributed by atoms with Crippen molar-refractivity contribution in [2.75, 3.05) is 18.5 Å². The summed E-state index contributed by atoms with van der Waals surface area (Å²) in [6.45, 7) is 8.32. The number of nitrogens with zero attached hydrogens (tertiary/aromatic N) is 4. The molecule has 11 heteroatoms. The predicted molar refractivity (Wildman–Crippen MR) is 194 cm³/mol. The maximum Gasteiger partial charge on any atom is 0.407 e. The lowest BCUT2D eigenvalue weighted by atomic mass is 9.77. The fourth-order valence-electron chi connectivity index (χ4n) is 6.66. The molecule has 0 spiro atoms. The summed E-state index contributed by atoms with van der Waals surface area (Å²) in [5.74, 6) is 1.02. The number of carbonyl (C=O) groups excluding carboxylic acids is 3. The summed E-state index contributed by atoms with van der Waals surface area (Å²) >= 11 is 0. The van der Waals surface area contributed by atoms with Gasteiger partial charge >= 0.3 is 6.09 Å². The second-order valence-corrected chi connectivity index (χ2v) is 14.4. The van der Waals surface area contributed by atoms with E-state index in [0.29, 0.717) is 37.1 Å². The first-order valence-corrected chi connectivity index (χ1v) is 17.4. The van der Waals surface area contributed by atoms with Crippen LogP contribution in [0, 0.1) is 24.7 Å². The van der Waals surface area contributed by atoms with Crippen molar-refractivity contribution in [1.82, 2.24) is 15.3 Å². The van der Waals surface area contributed by atoms with Crippen molar-refractivity contribution in [2.24, 2.45) is 33.0 Å².